The molecule has 1 saturated carbocycles. The van der Waals surface area contributed by atoms with Crippen LogP contribution in [-0.4, -0.2) is 45.8 Å². The molecule has 0 bridgehead atoms. The number of amides is 1. The largest absolute Gasteiger partial charge is 0.351 e. The van der Waals surface area contributed by atoms with Crippen LogP contribution in [-0.2, 0) is 14.8 Å². The third-order valence-electron chi connectivity index (χ3n) is 4.35. The van der Waals surface area contributed by atoms with E-state index in [0.29, 0.717) is 12.5 Å². The van der Waals surface area contributed by atoms with Gasteiger partial charge in [0, 0.05) is 19.1 Å². The molecule has 0 spiro atoms. The second kappa shape index (κ2) is 8.08. The minimum Gasteiger partial charge on any atom is -0.351 e. The Morgan fingerprint density at radius 3 is 2.68 bits per heavy atom. The Hall–Kier alpha value is -0.920. The summed E-state index contributed by atoms with van der Waals surface area (Å²) in [6.45, 7) is 4.34. The molecule has 1 aliphatic carbocycles. The molecule has 0 radical (unpaired) electrons. The van der Waals surface area contributed by atoms with Gasteiger partial charge in [-0.1, -0.05) is 18.6 Å². The zero-order valence-corrected chi connectivity index (χ0v) is 14.0. The van der Waals surface area contributed by atoms with Crippen LogP contribution in [0.15, 0.2) is 11.6 Å². The summed E-state index contributed by atoms with van der Waals surface area (Å²) in [4.78, 5) is 11.8. The predicted molar refractivity (Wildman–Crippen MR) is 86.9 cm³/mol. The molecular weight excluding hydrogens is 302 g/mol. The highest BCUT2D eigenvalue weighted by atomic mass is 32.2. The lowest BCUT2D eigenvalue weighted by Crippen LogP contribution is -2.42. The van der Waals surface area contributed by atoms with Gasteiger partial charge in [-0.3, -0.25) is 4.79 Å². The molecule has 2 aliphatic rings. The summed E-state index contributed by atoms with van der Waals surface area (Å²) in [6, 6.07) is -0.0128. The SMILES string of the molecule is CC1CCC(NS(=O)(=O)CC(=O)NCC2=CCNCC2)CC1. The average Bonchev–Trinajstić information content (AvgIpc) is 2.48. The maximum atomic E-state index is 12.0. The van der Waals surface area contributed by atoms with Gasteiger partial charge in [0.25, 0.3) is 0 Å². The van der Waals surface area contributed by atoms with E-state index in [1.807, 2.05) is 6.08 Å². The van der Waals surface area contributed by atoms with Gasteiger partial charge in [-0.05, 0) is 44.6 Å². The van der Waals surface area contributed by atoms with Crippen molar-refractivity contribution in [1.82, 2.24) is 15.4 Å². The first kappa shape index (κ1) is 17.4. The third-order valence-corrected chi connectivity index (χ3v) is 5.69. The number of carbonyl (C=O) groups excluding carboxylic acids is 1. The first-order valence-corrected chi connectivity index (χ1v) is 9.75. The van der Waals surface area contributed by atoms with Crippen molar-refractivity contribution in [2.75, 3.05) is 25.4 Å². The van der Waals surface area contributed by atoms with Crippen LogP contribution in [0, 0.1) is 5.92 Å². The summed E-state index contributed by atoms with van der Waals surface area (Å²) < 4.78 is 26.8. The molecular formula is C15H27N3O3S. The second-order valence-corrected chi connectivity index (χ2v) is 8.18. The van der Waals surface area contributed by atoms with Crippen LogP contribution in [0.4, 0.5) is 0 Å². The topological polar surface area (TPSA) is 87.3 Å². The van der Waals surface area contributed by atoms with Crippen LogP contribution in [0.1, 0.15) is 39.0 Å². The highest BCUT2D eigenvalue weighted by Crippen LogP contribution is 2.23. The van der Waals surface area contributed by atoms with E-state index in [9.17, 15) is 13.2 Å². The lowest BCUT2D eigenvalue weighted by Gasteiger charge is -2.26. The number of rotatable bonds is 6. The quantitative estimate of drug-likeness (QED) is 0.620. The predicted octanol–water partition coefficient (Wildman–Crippen LogP) is 0.520. The minimum atomic E-state index is -3.54. The zero-order chi connectivity index (χ0) is 16.0. The summed E-state index contributed by atoms with van der Waals surface area (Å²) >= 11 is 0. The number of hydrogen-bond acceptors (Lipinski definition) is 4. The molecule has 7 heteroatoms. The molecule has 0 unspecified atom stereocenters. The maximum absolute atomic E-state index is 12.0. The molecule has 0 atom stereocenters. The van der Waals surface area contributed by atoms with Crippen molar-refractivity contribution in [1.29, 1.82) is 0 Å². The number of hydrogen-bond donors (Lipinski definition) is 3. The van der Waals surface area contributed by atoms with Crippen molar-refractivity contribution in [2.45, 2.75) is 45.1 Å². The molecule has 2 rings (SSSR count). The fraction of sp³-hybridized carbons (Fsp3) is 0.800. The Balaban J connectivity index is 1.73. The van der Waals surface area contributed by atoms with E-state index >= 15 is 0 Å². The Labute approximate surface area is 133 Å². The molecule has 1 heterocycles. The van der Waals surface area contributed by atoms with Crippen LogP contribution >= 0.6 is 0 Å². The van der Waals surface area contributed by atoms with Crippen LogP contribution in [0.25, 0.3) is 0 Å². The van der Waals surface area contributed by atoms with Crippen LogP contribution < -0.4 is 15.4 Å². The standard InChI is InChI=1S/C15H27N3O3S/c1-12-2-4-14(5-3-12)18-22(20,21)11-15(19)17-10-13-6-8-16-9-7-13/h6,12,14,16,18H,2-5,7-11H2,1H3,(H,17,19). The Morgan fingerprint density at radius 2 is 2.05 bits per heavy atom. The summed E-state index contributed by atoms with van der Waals surface area (Å²) in [7, 11) is -3.54. The monoisotopic (exact) mass is 329 g/mol. The summed E-state index contributed by atoms with van der Waals surface area (Å²) in [5.41, 5.74) is 1.15. The zero-order valence-electron chi connectivity index (χ0n) is 13.2. The van der Waals surface area contributed by atoms with E-state index < -0.39 is 21.7 Å². The molecule has 1 fully saturated rings. The Morgan fingerprint density at radius 1 is 1.32 bits per heavy atom. The third kappa shape index (κ3) is 6.06. The highest BCUT2D eigenvalue weighted by Gasteiger charge is 2.24. The van der Waals surface area contributed by atoms with Gasteiger partial charge in [0.05, 0.1) is 0 Å². The van der Waals surface area contributed by atoms with E-state index in [4.69, 9.17) is 0 Å². The van der Waals surface area contributed by atoms with Gasteiger partial charge in [-0.25, -0.2) is 13.1 Å². The molecule has 3 N–H and O–H groups in total. The lowest BCUT2D eigenvalue weighted by molar-refractivity contribution is -0.118. The van der Waals surface area contributed by atoms with E-state index in [0.717, 1.165) is 50.8 Å². The molecule has 22 heavy (non-hydrogen) atoms. The lowest BCUT2D eigenvalue weighted by atomic mass is 9.88. The first-order valence-electron chi connectivity index (χ1n) is 8.10. The minimum absolute atomic E-state index is 0.0128. The fourth-order valence-electron chi connectivity index (χ4n) is 2.94. The summed E-state index contributed by atoms with van der Waals surface area (Å²) in [6.07, 6.45) is 6.75. The molecule has 0 saturated heterocycles. The Bertz CT molecular complexity index is 508. The van der Waals surface area contributed by atoms with Gasteiger partial charge in [0.1, 0.15) is 5.75 Å². The van der Waals surface area contributed by atoms with Gasteiger partial charge in [-0.2, -0.15) is 0 Å². The van der Waals surface area contributed by atoms with Crippen molar-refractivity contribution >= 4 is 15.9 Å². The normalized spacial score (nSPS) is 26.3. The van der Waals surface area contributed by atoms with Gasteiger partial charge < -0.3 is 10.6 Å². The van der Waals surface area contributed by atoms with Crippen LogP contribution in [0.2, 0.25) is 0 Å². The van der Waals surface area contributed by atoms with Crippen molar-refractivity contribution in [3.05, 3.63) is 11.6 Å². The van der Waals surface area contributed by atoms with Crippen molar-refractivity contribution in [2.24, 2.45) is 5.92 Å². The number of carbonyl (C=O) groups is 1. The van der Waals surface area contributed by atoms with Crippen molar-refractivity contribution in [3.63, 3.8) is 0 Å². The van der Waals surface area contributed by atoms with E-state index in [1.54, 1.807) is 0 Å². The van der Waals surface area contributed by atoms with Gasteiger partial charge >= 0.3 is 0 Å². The van der Waals surface area contributed by atoms with Gasteiger partial charge in [-0.15, -0.1) is 0 Å². The number of sulfonamides is 1. The van der Waals surface area contributed by atoms with Crippen molar-refractivity contribution in [3.8, 4) is 0 Å². The van der Waals surface area contributed by atoms with Gasteiger partial charge in [0.15, 0.2) is 0 Å². The van der Waals surface area contributed by atoms with E-state index in [1.165, 1.54) is 0 Å². The summed E-state index contributed by atoms with van der Waals surface area (Å²) in [5.74, 6) is -0.247. The van der Waals surface area contributed by atoms with E-state index in [2.05, 4.69) is 22.3 Å². The fourth-order valence-corrected chi connectivity index (χ4v) is 4.21. The van der Waals surface area contributed by atoms with Gasteiger partial charge in [0.2, 0.25) is 15.9 Å². The first-order chi connectivity index (χ1) is 10.4. The molecule has 1 aliphatic heterocycles. The second-order valence-electron chi connectivity index (χ2n) is 6.43. The Kier molecular flexibility index (Phi) is 6.40. The molecule has 126 valence electrons. The number of nitrogens with one attached hydrogen (secondary N) is 3. The summed E-state index contributed by atoms with van der Waals surface area (Å²) in [5, 5.41) is 5.89. The maximum Gasteiger partial charge on any atom is 0.236 e. The highest BCUT2D eigenvalue weighted by molar-refractivity contribution is 7.90. The molecule has 0 aromatic carbocycles. The van der Waals surface area contributed by atoms with E-state index in [-0.39, 0.29) is 6.04 Å². The van der Waals surface area contributed by atoms with Crippen LogP contribution in [0.5, 0.6) is 0 Å². The molecule has 0 aromatic heterocycles. The molecule has 0 aromatic rings. The van der Waals surface area contributed by atoms with Crippen LogP contribution in [0.3, 0.4) is 0 Å². The smallest absolute Gasteiger partial charge is 0.236 e. The molecule has 6 nitrogen and oxygen atoms in total. The molecule has 1 amide bonds. The van der Waals surface area contributed by atoms with Crippen molar-refractivity contribution < 1.29 is 13.2 Å². The average molecular weight is 329 g/mol.